The molecule has 0 fully saturated rings. The van der Waals surface area contributed by atoms with E-state index in [4.69, 9.17) is 5.73 Å². The van der Waals surface area contributed by atoms with Crippen LogP contribution in [0.2, 0.25) is 0 Å². The van der Waals surface area contributed by atoms with Crippen molar-refractivity contribution in [2.45, 2.75) is 6.42 Å². The minimum absolute atomic E-state index is 0.319. The Balaban J connectivity index is 2.07. The van der Waals surface area contributed by atoms with Crippen molar-refractivity contribution in [1.29, 1.82) is 0 Å². The summed E-state index contributed by atoms with van der Waals surface area (Å²) in [6.07, 6.45) is 0.945. The van der Waals surface area contributed by atoms with Gasteiger partial charge in [0.05, 0.1) is 5.69 Å². The van der Waals surface area contributed by atoms with E-state index < -0.39 is 0 Å². The van der Waals surface area contributed by atoms with Crippen LogP contribution >= 0.6 is 0 Å². The number of aromatic nitrogens is 2. The second-order valence-electron chi connectivity index (χ2n) is 4.88. The molecule has 19 heavy (non-hydrogen) atoms. The number of hydrogen-bond donors (Lipinski definition) is 2. The second kappa shape index (κ2) is 4.42. The number of nitrogens with two attached hydrogens (primary N) is 1. The van der Waals surface area contributed by atoms with E-state index in [1.165, 1.54) is 5.69 Å². The van der Waals surface area contributed by atoms with E-state index in [1.807, 2.05) is 14.1 Å². The fraction of sp³-hybridized carbons (Fsp3) is 0.286. The molecule has 1 aliphatic heterocycles. The molecule has 1 aromatic heterocycles. The highest BCUT2D eigenvalue weighted by Crippen LogP contribution is 2.31. The first-order chi connectivity index (χ1) is 9.15. The van der Waals surface area contributed by atoms with Crippen molar-refractivity contribution in [3.8, 4) is 11.3 Å². The van der Waals surface area contributed by atoms with Gasteiger partial charge in [-0.25, -0.2) is 4.98 Å². The predicted octanol–water partition coefficient (Wildman–Crippen LogP) is 1.76. The van der Waals surface area contributed by atoms with Crippen molar-refractivity contribution < 1.29 is 0 Å². The molecular formula is C14H17N5. The SMILES string of the molecule is CN(C)c1ccc(-c2nc(N)nc3c2CCN3)cc1. The fourth-order valence-electron chi connectivity index (χ4n) is 2.35. The summed E-state index contributed by atoms with van der Waals surface area (Å²) >= 11 is 0. The monoisotopic (exact) mass is 255 g/mol. The number of hydrogen-bond acceptors (Lipinski definition) is 5. The van der Waals surface area contributed by atoms with Gasteiger partial charge in [-0.2, -0.15) is 4.98 Å². The summed E-state index contributed by atoms with van der Waals surface area (Å²) in [6.45, 7) is 0.899. The summed E-state index contributed by atoms with van der Waals surface area (Å²) in [7, 11) is 4.05. The molecule has 3 N–H and O–H groups in total. The highest BCUT2D eigenvalue weighted by atomic mass is 15.1. The zero-order valence-corrected chi connectivity index (χ0v) is 11.1. The molecule has 5 heteroatoms. The van der Waals surface area contributed by atoms with Crippen LogP contribution in [0.3, 0.4) is 0 Å². The molecule has 5 nitrogen and oxygen atoms in total. The zero-order chi connectivity index (χ0) is 13.4. The molecule has 0 saturated carbocycles. The number of fused-ring (bicyclic) bond motifs is 1. The molecule has 0 unspecified atom stereocenters. The van der Waals surface area contributed by atoms with Crippen LogP contribution < -0.4 is 16.0 Å². The van der Waals surface area contributed by atoms with Gasteiger partial charge in [0.15, 0.2) is 0 Å². The molecule has 0 saturated heterocycles. The molecule has 0 radical (unpaired) electrons. The topological polar surface area (TPSA) is 67.1 Å². The molecule has 98 valence electrons. The van der Waals surface area contributed by atoms with E-state index in [9.17, 15) is 0 Å². The lowest BCUT2D eigenvalue weighted by molar-refractivity contribution is 1.09. The van der Waals surface area contributed by atoms with Gasteiger partial charge in [0.1, 0.15) is 5.82 Å². The van der Waals surface area contributed by atoms with Gasteiger partial charge in [-0.15, -0.1) is 0 Å². The van der Waals surface area contributed by atoms with Gasteiger partial charge < -0.3 is 16.0 Å². The van der Waals surface area contributed by atoms with Crippen LogP contribution in [0.5, 0.6) is 0 Å². The Bertz CT molecular complexity index is 604. The summed E-state index contributed by atoms with van der Waals surface area (Å²) in [4.78, 5) is 10.7. The largest absolute Gasteiger partial charge is 0.378 e. The van der Waals surface area contributed by atoms with Crippen LogP contribution in [0.15, 0.2) is 24.3 Å². The van der Waals surface area contributed by atoms with Crippen LogP contribution in [-0.4, -0.2) is 30.6 Å². The summed E-state index contributed by atoms with van der Waals surface area (Å²) in [5, 5.41) is 3.24. The van der Waals surface area contributed by atoms with Gasteiger partial charge in [-0.3, -0.25) is 0 Å². The van der Waals surface area contributed by atoms with Gasteiger partial charge in [0.25, 0.3) is 0 Å². The Labute approximate surface area is 112 Å². The minimum Gasteiger partial charge on any atom is -0.378 e. The molecule has 2 heterocycles. The minimum atomic E-state index is 0.319. The predicted molar refractivity (Wildman–Crippen MR) is 78.4 cm³/mol. The van der Waals surface area contributed by atoms with Crippen LogP contribution in [0, 0.1) is 0 Å². The number of benzene rings is 1. The second-order valence-corrected chi connectivity index (χ2v) is 4.88. The van der Waals surface area contributed by atoms with Gasteiger partial charge >= 0.3 is 0 Å². The van der Waals surface area contributed by atoms with Crippen LogP contribution in [0.25, 0.3) is 11.3 Å². The van der Waals surface area contributed by atoms with Crippen molar-refractivity contribution in [2.75, 3.05) is 36.6 Å². The number of nitrogens with one attached hydrogen (secondary N) is 1. The lowest BCUT2D eigenvalue weighted by Crippen LogP contribution is -2.08. The lowest BCUT2D eigenvalue weighted by atomic mass is 10.1. The standard InChI is InChI=1S/C14H17N5/c1-19(2)10-5-3-9(4-6-10)12-11-7-8-16-13(11)18-14(15)17-12/h3-6H,7-8H2,1-2H3,(H3,15,16,17,18). The molecule has 3 rings (SSSR count). The van der Waals surface area contributed by atoms with E-state index in [0.717, 1.165) is 35.6 Å². The van der Waals surface area contributed by atoms with Crippen molar-refractivity contribution in [3.05, 3.63) is 29.8 Å². The Kier molecular flexibility index (Phi) is 2.74. The third-order valence-electron chi connectivity index (χ3n) is 3.35. The average Bonchev–Trinajstić information content (AvgIpc) is 2.85. The first-order valence-electron chi connectivity index (χ1n) is 6.33. The molecule has 0 aliphatic carbocycles. The number of nitrogen functional groups attached to an aromatic ring is 1. The molecule has 1 aliphatic rings. The molecular weight excluding hydrogens is 238 g/mol. The first kappa shape index (κ1) is 11.8. The number of anilines is 3. The number of rotatable bonds is 2. The Hall–Kier alpha value is -2.30. The maximum atomic E-state index is 5.78. The molecule has 0 spiro atoms. The number of nitrogens with zero attached hydrogens (tertiary/aromatic N) is 3. The highest BCUT2D eigenvalue weighted by molar-refractivity contribution is 5.73. The Morgan fingerprint density at radius 2 is 1.89 bits per heavy atom. The van der Waals surface area contributed by atoms with Gasteiger partial charge in [-0.05, 0) is 18.6 Å². The van der Waals surface area contributed by atoms with Crippen molar-refractivity contribution in [3.63, 3.8) is 0 Å². The highest BCUT2D eigenvalue weighted by Gasteiger charge is 2.19. The lowest BCUT2D eigenvalue weighted by Gasteiger charge is -2.13. The van der Waals surface area contributed by atoms with Crippen molar-refractivity contribution >= 4 is 17.5 Å². The van der Waals surface area contributed by atoms with Gasteiger partial charge in [0, 0.05) is 37.5 Å². The molecule has 0 bridgehead atoms. The van der Waals surface area contributed by atoms with E-state index >= 15 is 0 Å². The molecule has 0 atom stereocenters. The van der Waals surface area contributed by atoms with E-state index in [-0.39, 0.29) is 0 Å². The Morgan fingerprint density at radius 1 is 1.16 bits per heavy atom. The third-order valence-corrected chi connectivity index (χ3v) is 3.35. The molecule has 2 aromatic rings. The van der Waals surface area contributed by atoms with Crippen molar-refractivity contribution in [1.82, 2.24) is 9.97 Å². The normalized spacial score (nSPS) is 12.9. The van der Waals surface area contributed by atoms with Gasteiger partial charge in [0.2, 0.25) is 5.95 Å². The maximum Gasteiger partial charge on any atom is 0.222 e. The molecule has 0 amide bonds. The van der Waals surface area contributed by atoms with E-state index in [2.05, 4.69) is 44.5 Å². The quantitative estimate of drug-likeness (QED) is 0.856. The van der Waals surface area contributed by atoms with E-state index in [1.54, 1.807) is 0 Å². The molecule has 1 aromatic carbocycles. The zero-order valence-electron chi connectivity index (χ0n) is 11.1. The smallest absolute Gasteiger partial charge is 0.222 e. The van der Waals surface area contributed by atoms with Crippen molar-refractivity contribution in [2.24, 2.45) is 0 Å². The third kappa shape index (κ3) is 2.07. The van der Waals surface area contributed by atoms with Gasteiger partial charge in [-0.1, -0.05) is 12.1 Å². The summed E-state index contributed by atoms with van der Waals surface area (Å²) in [6, 6.07) is 8.33. The first-order valence-corrected chi connectivity index (χ1v) is 6.33. The van der Waals surface area contributed by atoms with E-state index in [0.29, 0.717) is 5.95 Å². The van der Waals surface area contributed by atoms with Crippen LogP contribution in [-0.2, 0) is 6.42 Å². The Morgan fingerprint density at radius 3 is 2.58 bits per heavy atom. The maximum absolute atomic E-state index is 5.78. The summed E-state index contributed by atoms with van der Waals surface area (Å²) < 4.78 is 0. The van der Waals surface area contributed by atoms with Crippen LogP contribution in [0.4, 0.5) is 17.5 Å². The average molecular weight is 255 g/mol. The fourth-order valence-corrected chi connectivity index (χ4v) is 2.35. The summed E-state index contributed by atoms with van der Waals surface area (Å²) in [5.41, 5.74) is 10.1. The van der Waals surface area contributed by atoms with Crippen LogP contribution in [0.1, 0.15) is 5.56 Å². The summed E-state index contributed by atoms with van der Waals surface area (Å²) in [5.74, 6) is 1.19.